The Hall–Kier alpha value is -4.55. The normalized spacial score (nSPS) is 14.3. The summed E-state index contributed by atoms with van der Waals surface area (Å²) in [7, 11) is 3.27. The zero-order valence-electron chi connectivity index (χ0n) is 21.0. The number of aryl methyl sites for hydroxylation is 2. The number of nitrogens with one attached hydrogen (secondary N) is 1. The van der Waals surface area contributed by atoms with E-state index in [4.69, 9.17) is 10.4 Å². The zero-order chi connectivity index (χ0) is 27.5. The first-order valence-corrected chi connectivity index (χ1v) is 12.1. The maximum atomic E-state index is 13.5. The lowest BCUT2D eigenvalue weighted by molar-refractivity contribution is -0.140. The fraction of sp³-hybridized carbons (Fsp3) is 0.269. The molecule has 0 atom stereocenters. The summed E-state index contributed by atoms with van der Waals surface area (Å²) in [4.78, 5) is 19.3. The average molecular weight is 538 g/mol. The van der Waals surface area contributed by atoms with Gasteiger partial charge in [-0.2, -0.15) is 13.2 Å². The third-order valence-corrected chi connectivity index (χ3v) is 6.82. The molecule has 0 unspecified atom stereocenters. The molecule has 1 aliphatic rings. The number of halogens is 4. The van der Waals surface area contributed by atoms with Crippen molar-refractivity contribution in [1.82, 2.24) is 33.6 Å². The number of anilines is 1. The molecule has 1 saturated heterocycles. The lowest BCUT2D eigenvalue weighted by Gasteiger charge is -2.36. The second kappa shape index (κ2) is 9.03. The number of rotatable bonds is 5. The number of hydrogen-bond acceptors (Lipinski definition) is 6. The Balaban J connectivity index is 1.34. The topological polar surface area (TPSA) is 93.4 Å². The highest BCUT2D eigenvalue weighted by molar-refractivity contribution is 5.77. The first-order valence-electron chi connectivity index (χ1n) is 12.1. The zero-order valence-corrected chi connectivity index (χ0v) is 21.0. The van der Waals surface area contributed by atoms with E-state index < -0.39 is 18.0 Å². The molecule has 0 radical (unpaired) electrons. The molecule has 9 nitrogen and oxygen atoms in total. The van der Waals surface area contributed by atoms with Gasteiger partial charge >= 0.3 is 6.18 Å². The van der Waals surface area contributed by atoms with E-state index in [-0.39, 0.29) is 24.5 Å². The summed E-state index contributed by atoms with van der Waals surface area (Å²) in [6.07, 6.45) is -1.15. The second-order valence-corrected chi connectivity index (χ2v) is 9.50. The summed E-state index contributed by atoms with van der Waals surface area (Å²) in [5, 5.41) is 8.66. The number of fused-ring (bicyclic) bond motifs is 1. The van der Waals surface area contributed by atoms with Gasteiger partial charge in [0, 0.05) is 32.1 Å². The Kier molecular flexibility index (Phi) is 5.74. The van der Waals surface area contributed by atoms with Crippen LogP contribution in [-0.4, -0.2) is 52.9 Å². The predicted octanol–water partition coefficient (Wildman–Crippen LogP) is 3.94. The van der Waals surface area contributed by atoms with Crippen LogP contribution in [0.25, 0.3) is 33.9 Å². The minimum atomic E-state index is -4.52. The van der Waals surface area contributed by atoms with Crippen molar-refractivity contribution in [3.63, 3.8) is 0 Å². The summed E-state index contributed by atoms with van der Waals surface area (Å²) in [5.41, 5.74) is 2.50. The van der Waals surface area contributed by atoms with Crippen molar-refractivity contribution in [3.05, 3.63) is 71.9 Å². The molecule has 1 N–H and O–H groups in total. The number of nitrogens with zero attached hydrogens (tertiary/aromatic N) is 8. The molecule has 1 aromatic carbocycles. The standard InChI is InChI=1S/C26H23F4N9/c1-36-14-20(26(28,29)30)34-22(36)16-7-5-15(6-8-16)11-39-24-19(37(2)25(39)31)10-33-21(35-24)18-4-3-9-32-23(18)38-12-17(27)13-38/h3-10,14,17,31H,11-13H2,1-2H3. The quantitative estimate of drug-likeness (QED) is 0.343. The van der Waals surface area contributed by atoms with Crippen molar-refractivity contribution >= 4 is 17.0 Å². The van der Waals surface area contributed by atoms with Crippen molar-refractivity contribution in [3.8, 4) is 22.8 Å². The lowest BCUT2D eigenvalue weighted by atomic mass is 10.1. The van der Waals surface area contributed by atoms with E-state index in [1.807, 2.05) is 11.0 Å². The van der Waals surface area contributed by atoms with Crippen LogP contribution in [0.5, 0.6) is 0 Å². The number of benzene rings is 1. The molecule has 1 fully saturated rings. The minimum Gasteiger partial charge on any atom is -0.350 e. The largest absolute Gasteiger partial charge is 0.434 e. The van der Waals surface area contributed by atoms with Gasteiger partial charge in [0.2, 0.25) is 5.62 Å². The van der Waals surface area contributed by atoms with E-state index in [9.17, 15) is 17.6 Å². The van der Waals surface area contributed by atoms with E-state index in [0.717, 1.165) is 11.8 Å². The molecule has 0 amide bonds. The van der Waals surface area contributed by atoms with E-state index in [1.54, 1.807) is 58.9 Å². The monoisotopic (exact) mass is 537 g/mol. The highest BCUT2D eigenvalue weighted by atomic mass is 19.4. The molecule has 0 aliphatic carbocycles. The summed E-state index contributed by atoms with van der Waals surface area (Å²) >= 11 is 0. The fourth-order valence-electron chi connectivity index (χ4n) is 4.71. The molecule has 5 heterocycles. The number of hydrogen-bond donors (Lipinski definition) is 1. The van der Waals surface area contributed by atoms with Crippen LogP contribution in [0.4, 0.5) is 23.4 Å². The maximum absolute atomic E-state index is 13.5. The van der Waals surface area contributed by atoms with Crippen LogP contribution in [0.15, 0.2) is 55.0 Å². The highest BCUT2D eigenvalue weighted by Crippen LogP contribution is 2.32. The number of imidazole rings is 2. The van der Waals surface area contributed by atoms with Gasteiger partial charge in [-0.3, -0.25) is 9.98 Å². The number of alkyl halides is 4. The fourth-order valence-corrected chi connectivity index (χ4v) is 4.71. The molecule has 0 bridgehead atoms. The molecular formula is C26H23F4N9. The molecule has 0 saturated carbocycles. The molecule has 5 aromatic rings. The number of aromatic nitrogens is 7. The van der Waals surface area contributed by atoms with Crippen molar-refractivity contribution in [2.24, 2.45) is 14.1 Å². The first-order chi connectivity index (χ1) is 18.6. The average Bonchev–Trinajstić information content (AvgIpc) is 3.41. The van der Waals surface area contributed by atoms with Crippen LogP contribution in [0.3, 0.4) is 0 Å². The van der Waals surface area contributed by atoms with Crippen LogP contribution >= 0.6 is 0 Å². The molecule has 0 spiro atoms. The van der Waals surface area contributed by atoms with Crippen LogP contribution in [0.2, 0.25) is 0 Å². The SMILES string of the molecule is Cn1cc(C(F)(F)F)nc1-c1ccc(Cn2c(=N)n(C)c3cnc(-c4cccnc4N4CC(F)C4)nc32)cc1. The molecule has 13 heteroatoms. The van der Waals surface area contributed by atoms with Crippen LogP contribution in [-0.2, 0) is 26.8 Å². The van der Waals surface area contributed by atoms with Gasteiger partial charge in [0.05, 0.1) is 31.4 Å². The van der Waals surface area contributed by atoms with Gasteiger partial charge in [0.1, 0.15) is 23.3 Å². The summed E-state index contributed by atoms with van der Waals surface area (Å²) < 4.78 is 57.5. The van der Waals surface area contributed by atoms with Crippen molar-refractivity contribution in [2.45, 2.75) is 18.9 Å². The maximum Gasteiger partial charge on any atom is 0.434 e. The first kappa shape index (κ1) is 24.8. The van der Waals surface area contributed by atoms with E-state index >= 15 is 0 Å². The summed E-state index contributed by atoms with van der Waals surface area (Å²) in [6.45, 7) is 0.831. The van der Waals surface area contributed by atoms with Gasteiger partial charge in [-0.1, -0.05) is 24.3 Å². The van der Waals surface area contributed by atoms with Gasteiger partial charge in [0.15, 0.2) is 17.2 Å². The van der Waals surface area contributed by atoms with Crippen LogP contribution in [0.1, 0.15) is 11.3 Å². The Labute approximate surface area is 219 Å². The summed E-state index contributed by atoms with van der Waals surface area (Å²) in [5.74, 6) is 1.23. The van der Waals surface area contributed by atoms with E-state index in [2.05, 4.69) is 15.0 Å². The Morgan fingerprint density at radius 3 is 2.44 bits per heavy atom. The third-order valence-electron chi connectivity index (χ3n) is 6.82. The van der Waals surface area contributed by atoms with Gasteiger partial charge in [-0.15, -0.1) is 0 Å². The molecule has 4 aromatic heterocycles. The molecule has 1 aliphatic heterocycles. The molecule has 6 rings (SSSR count). The predicted molar refractivity (Wildman–Crippen MR) is 135 cm³/mol. The second-order valence-electron chi connectivity index (χ2n) is 9.50. The van der Waals surface area contributed by atoms with Gasteiger partial charge < -0.3 is 14.0 Å². The van der Waals surface area contributed by atoms with Crippen LogP contribution < -0.4 is 10.5 Å². The summed E-state index contributed by atoms with van der Waals surface area (Å²) in [6, 6.07) is 10.6. The van der Waals surface area contributed by atoms with E-state index in [1.165, 1.54) is 11.6 Å². The molecular weight excluding hydrogens is 514 g/mol. The Morgan fingerprint density at radius 2 is 1.77 bits per heavy atom. The van der Waals surface area contributed by atoms with Gasteiger partial charge in [-0.05, 0) is 17.7 Å². The lowest BCUT2D eigenvalue weighted by Crippen LogP contribution is -2.49. The van der Waals surface area contributed by atoms with Crippen molar-refractivity contribution in [1.29, 1.82) is 5.41 Å². The van der Waals surface area contributed by atoms with Gasteiger partial charge in [0.25, 0.3) is 0 Å². The Morgan fingerprint density at radius 1 is 1.03 bits per heavy atom. The molecule has 39 heavy (non-hydrogen) atoms. The Bertz CT molecular complexity index is 1740. The van der Waals surface area contributed by atoms with E-state index in [0.29, 0.717) is 40.5 Å². The molecule has 200 valence electrons. The smallest absolute Gasteiger partial charge is 0.350 e. The van der Waals surface area contributed by atoms with Crippen molar-refractivity contribution in [2.75, 3.05) is 18.0 Å². The highest BCUT2D eigenvalue weighted by Gasteiger charge is 2.34. The van der Waals surface area contributed by atoms with Crippen molar-refractivity contribution < 1.29 is 17.6 Å². The minimum absolute atomic E-state index is 0.203. The third kappa shape index (κ3) is 4.33. The number of pyridine rings is 1. The van der Waals surface area contributed by atoms with Gasteiger partial charge in [-0.25, -0.2) is 24.3 Å². The van der Waals surface area contributed by atoms with Crippen LogP contribution in [0, 0.1) is 5.41 Å².